The summed E-state index contributed by atoms with van der Waals surface area (Å²) in [7, 11) is 0. The molecular formula is C16H19ClN6O. The van der Waals surface area contributed by atoms with Gasteiger partial charge in [-0.15, -0.1) is 0 Å². The van der Waals surface area contributed by atoms with E-state index in [0.29, 0.717) is 29.2 Å². The smallest absolute Gasteiger partial charge is 0.205 e. The first kappa shape index (κ1) is 15.4. The van der Waals surface area contributed by atoms with E-state index < -0.39 is 0 Å². The van der Waals surface area contributed by atoms with E-state index in [0.717, 1.165) is 44.0 Å². The maximum Gasteiger partial charge on any atom is 0.205 e. The molecule has 0 unspecified atom stereocenters. The lowest BCUT2D eigenvalue weighted by Gasteiger charge is -2.38. The van der Waals surface area contributed by atoms with Crippen molar-refractivity contribution in [1.82, 2.24) is 20.3 Å². The lowest BCUT2D eigenvalue weighted by Crippen LogP contribution is -2.47. The Balaban J connectivity index is 1.65. The third-order valence-electron chi connectivity index (χ3n) is 4.41. The summed E-state index contributed by atoms with van der Waals surface area (Å²) >= 11 is 6.18. The molecule has 8 heteroatoms. The highest BCUT2D eigenvalue weighted by atomic mass is 35.5. The maximum atomic E-state index is 6.18. The Morgan fingerprint density at radius 1 is 1.29 bits per heavy atom. The van der Waals surface area contributed by atoms with Crippen molar-refractivity contribution in [3.63, 3.8) is 0 Å². The molecule has 0 atom stereocenters. The van der Waals surface area contributed by atoms with Crippen LogP contribution in [0, 0.1) is 0 Å². The van der Waals surface area contributed by atoms with E-state index in [9.17, 15) is 0 Å². The van der Waals surface area contributed by atoms with Gasteiger partial charge in [-0.2, -0.15) is 0 Å². The predicted molar refractivity (Wildman–Crippen MR) is 93.3 cm³/mol. The Morgan fingerprint density at radius 3 is 3.00 bits per heavy atom. The lowest BCUT2D eigenvalue weighted by atomic mass is 10.0. The average molecular weight is 347 g/mol. The Morgan fingerprint density at radius 2 is 2.17 bits per heavy atom. The van der Waals surface area contributed by atoms with Gasteiger partial charge in [-0.25, -0.2) is 9.97 Å². The van der Waals surface area contributed by atoms with E-state index in [1.807, 2.05) is 6.07 Å². The molecule has 2 aromatic heterocycles. The topological polar surface area (TPSA) is 75.2 Å². The Bertz CT molecular complexity index is 721. The monoisotopic (exact) mass is 346 g/mol. The highest BCUT2D eigenvalue weighted by Gasteiger charge is 2.29. The van der Waals surface area contributed by atoms with Crippen molar-refractivity contribution in [2.75, 3.05) is 36.5 Å². The van der Waals surface area contributed by atoms with Gasteiger partial charge in [0.2, 0.25) is 5.75 Å². The van der Waals surface area contributed by atoms with Crippen LogP contribution in [0.4, 0.5) is 17.3 Å². The second-order valence-electron chi connectivity index (χ2n) is 5.88. The summed E-state index contributed by atoms with van der Waals surface area (Å²) in [6.07, 6.45) is 7.08. The summed E-state index contributed by atoms with van der Waals surface area (Å²) in [5, 5.41) is 7.18. The summed E-state index contributed by atoms with van der Waals surface area (Å²) in [6.45, 7) is 3.56. The Kier molecular flexibility index (Phi) is 4.36. The molecule has 0 spiro atoms. The van der Waals surface area contributed by atoms with Crippen molar-refractivity contribution in [3.05, 3.63) is 29.8 Å². The normalized spacial score (nSPS) is 18.0. The van der Waals surface area contributed by atoms with Crippen molar-refractivity contribution in [2.24, 2.45) is 0 Å². The van der Waals surface area contributed by atoms with E-state index in [1.165, 1.54) is 0 Å². The molecule has 2 aromatic rings. The highest BCUT2D eigenvalue weighted by Crippen LogP contribution is 2.38. The van der Waals surface area contributed by atoms with Gasteiger partial charge in [0, 0.05) is 18.4 Å². The number of pyridine rings is 1. The van der Waals surface area contributed by atoms with Crippen LogP contribution in [-0.2, 0) is 0 Å². The lowest BCUT2D eigenvalue weighted by molar-refractivity contribution is 0.288. The van der Waals surface area contributed by atoms with E-state index >= 15 is 0 Å². The van der Waals surface area contributed by atoms with E-state index in [4.69, 9.17) is 16.3 Å². The number of piperidine rings is 1. The molecule has 2 aliphatic heterocycles. The zero-order chi connectivity index (χ0) is 16.4. The average Bonchev–Trinajstić information content (AvgIpc) is 2.64. The van der Waals surface area contributed by atoms with Crippen LogP contribution < -0.4 is 20.3 Å². The molecule has 0 amide bonds. The molecule has 2 N–H and O–H groups in total. The number of halogens is 1. The van der Waals surface area contributed by atoms with Crippen LogP contribution in [0.1, 0.15) is 12.8 Å². The number of aromatic nitrogens is 3. The zero-order valence-electron chi connectivity index (χ0n) is 13.2. The van der Waals surface area contributed by atoms with Gasteiger partial charge in [0.15, 0.2) is 11.6 Å². The molecule has 4 heterocycles. The van der Waals surface area contributed by atoms with Crippen molar-refractivity contribution in [1.29, 1.82) is 0 Å². The van der Waals surface area contributed by atoms with Crippen molar-refractivity contribution in [3.8, 4) is 5.75 Å². The molecule has 1 saturated heterocycles. The molecule has 1 fully saturated rings. The van der Waals surface area contributed by atoms with Gasteiger partial charge in [-0.1, -0.05) is 11.6 Å². The number of rotatable bonds is 3. The van der Waals surface area contributed by atoms with E-state index in [2.05, 4.69) is 30.5 Å². The first-order valence-corrected chi connectivity index (χ1v) is 8.52. The number of ether oxygens (including phenoxy) is 1. The molecule has 2 aliphatic rings. The zero-order valence-corrected chi connectivity index (χ0v) is 14.0. The SMILES string of the molecule is Clc1cnccc1Nc1ncnc2c1OCCN2C1CCNCC1. The van der Waals surface area contributed by atoms with Gasteiger partial charge in [-0.05, 0) is 32.0 Å². The summed E-state index contributed by atoms with van der Waals surface area (Å²) < 4.78 is 5.88. The van der Waals surface area contributed by atoms with Gasteiger partial charge in [0.05, 0.1) is 17.3 Å². The molecular weight excluding hydrogens is 328 g/mol. The minimum Gasteiger partial charge on any atom is -0.485 e. The fourth-order valence-electron chi connectivity index (χ4n) is 3.22. The number of fused-ring (bicyclic) bond motifs is 1. The summed E-state index contributed by atoms with van der Waals surface area (Å²) in [5.74, 6) is 2.18. The number of hydrogen-bond acceptors (Lipinski definition) is 7. The van der Waals surface area contributed by atoms with Crippen molar-refractivity contribution < 1.29 is 4.74 Å². The number of nitrogens with zero attached hydrogens (tertiary/aromatic N) is 4. The predicted octanol–water partition coefficient (Wildman–Crippen LogP) is 2.22. The van der Waals surface area contributed by atoms with Gasteiger partial charge in [0.25, 0.3) is 0 Å². The third-order valence-corrected chi connectivity index (χ3v) is 4.71. The number of hydrogen-bond donors (Lipinski definition) is 2. The molecule has 0 aliphatic carbocycles. The molecule has 0 saturated carbocycles. The van der Waals surface area contributed by atoms with Crippen molar-refractivity contribution in [2.45, 2.75) is 18.9 Å². The molecule has 126 valence electrons. The third kappa shape index (κ3) is 2.97. The fourth-order valence-corrected chi connectivity index (χ4v) is 3.39. The van der Waals surface area contributed by atoms with Crippen LogP contribution >= 0.6 is 11.6 Å². The maximum absolute atomic E-state index is 6.18. The second-order valence-corrected chi connectivity index (χ2v) is 6.29. The molecule has 0 aromatic carbocycles. The second kappa shape index (κ2) is 6.78. The summed E-state index contributed by atoms with van der Waals surface area (Å²) in [4.78, 5) is 15.2. The van der Waals surface area contributed by atoms with Gasteiger partial charge >= 0.3 is 0 Å². The van der Waals surface area contributed by atoms with Crippen molar-refractivity contribution >= 4 is 28.9 Å². The quantitative estimate of drug-likeness (QED) is 0.882. The van der Waals surface area contributed by atoms with Crippen LogP contribution in [0.25, 0.3) is 0 Å². The minimum absolute atomic E-state index is 0.487. The largest absolute Gasteiger partial charge is 0.485 e. The van der Waals surface area contributed by atoms with Crippen LogP contribution in [0.2, 0.25) is 5.02 Å². The van der Waals surface area contributed by atoms with Crippen LogP contribution in [0.15, 0.2) is 24.8 Å². The summed E-state index contributed by atoms with van der Waals surface area (Å²) in [6, 6.07) is 2.30. The summed E-state index contributed by atoms with van der Waals surface area (Å²) in [5.41, 5.74) is 0.746. The van der Waals surface area contributed by atoms with Gasteiger partial charge in [0.1, 0.15) is 12.9 Å². The highest BCUT2D eigenvalue weighted by molar-refractivity contribution is 6.33. The standard InChI is InChI=1S/C16H19ClN6O/c17-12-9-19-6-3-13(12)22-15-14-16(21-10-20-15)23(7-8-24-14)11-1-4-18-5-2-11/h3,6,9-11,18H,1-2,4-5,7-8H2,(H,19,20,21,22). The molecule has 7 nitrogen and oxygen atoms in total. The Labute approximate surface area is 145 Å². The fraction of sp³-hybridized carbons (Fsp3) is 0.438. The first-order valence-electron chi connectivity index (χ1n) is 8.14. The van der Waals surface area contributed by atoms with Gasteiger partial charge in [-0.3, -0.25) is 4.98 Å². The van der Waals surface area contributed by atoms with E-state index in [1.54, 1.807) is 18.7 Å². The Hall–Kier alpha value is -2.12. The molecule has 0 radical (unpaired) electrons. The van der Waals surface area contributed by atoms with Gasteiger partial charge < -0.3 is 20.3 Å². The first-order chi connectivity index (χ1) is 11.8. The van der Waals surface area contributed by atoms with Crippen LogP contribution in [0.5, 0.6) is 5.75 Å². The van der Waals surface area contributed by atoms with Crippen LogP contribution in [-0.4, -0.2) is 47.2 Å². The van der Waals surface area contributed by atoms with Crippen LogP contribution in [0.3, 0.4) is 0 Å². The molecule has 0 bridgehead atoms. The molecule has 24 heavy (non-hydrogen) atoms. The van der Waals surface area contributed by atoms with E-state index in [-0.39, 0.29) is 0 Å². The minimum atomic E-state index is 0.487. The number of nitrogens with one attached hydrogen (secondary N) is 2. The molecule has 4 rings (SSSR count). The number of anilines is 3.